The third-order valence-electron chi connectivity index (χ3n) is 3.95. The fourth-order valence-electron chi connectivity index (χ4n) is 3.02. The van der Waals surface area contributed by atoms with Gasteiger partial charge in [0, 0.05) is 30.6 Å². The van der Waals surface area contributed by atoms with Gasteiger partial charge in [-0.3, -0.25) is 4.79 Å². The van der Waals surface area contributed by atoms with Crippen molar-refractivity contribution in [2.45, 2.75) is 57.2 Å². The first-order valence-electron chi connectivity index (χ1n) is 6.77. The minimum absolute atomic E-state index is 0.107. The van der Waals surface area contributed by atoms with Crippen LogP contribution in [0.1, 0.15) is 48.9 Å². The van der Waals surface area contributed by atoms with Crippen LogP contribution in [-0.4, -0.2) is 29.2 Å². The third-order valence-corrected chi connectivity index (χ3v) is 3.95. The molecule has 2 bridgehead atoms. The summed E-state index contributed by atoms with van der Waals surface area (Å²) in [4.78, 5) is 12.0. The van der Waals surface area contributed by atoms with Crippen LogP contribution in [0.15, 0.2) is 10.6 Å². The second kappa shape index (κ2) is 4.72. The third kappa shape index (κ3) is 2.27. The maximum Gasteiger partial charge on any atom is 0.273 e. The van der Waals surface area contributed by atoms with Gasteiger partial charge in [0.1, 0.15) is 5.76 Å². The molecule has 3 rings (SSSR count). The standard InChI is InChI=1S/C13H19N3O2/c1-2-11-7-12(16-18-11)13(17)15-10-5-8-3-4-9(6-10)14-8/h7-10,14H,2-6H2,1H3,(H,15,17)/t8-,9+,10+. The summed E-state index contributed by atoms with van der Waals surface area (Å²) in [7, 11) is 0. The smallest absolute Gasteiger partial charge is 0.273 e. The van der Waals surface area contributed by atoms with Crippen LogP contribution in [-0.2, 0) is 6.42 Å². The zero-order valence-electron chi connectivity index (χ0n) is 10.6. The minimum Gasteiger partial charge on any atom is -0.361 e. The molecule has 5 heteroatoms. The molecule has 0 saturated carbocycles. The van der Waals surface area contributed by atoms with Crippen LogP contribution < -0.4 is 10.6 Å². The Bertz CT molecular complexity index is 431. The van der Waals surface area contributed by atoms with Crippen LogP contribution in [0.2, 0.25) is 0 Å². The van der Waals surface area contributed by atoms with Crippen LogP contribution >= 0.6 is 0 Å². The number of nitrogens with zero attached hydrogens (tertiary/aromatic N) is 1. The van der Waals surface area contributed by atoms with Gasteiger partial charge in [0.15, 0.2) is 5.69 Å². The molecule has 3 atom stereocenters. The first-order chi connectivity index (χ1) is 8.74. The van der Waals surface area contributed by atoms with Gasteiger partial charge in [-0.25, -0.2) is 0 Å². The van der Waals surface area contributed by atoms with E-state index in [0.29, 0.717) is 17.8 Å². The number of amides is 1. The van der Waals surface area contributed by atoms with Crippen molar-refractivity contribution in [2.24, 2.45) is 0 Å². The van der Waals surface area contributed by atoms with E-state index >= 15 is 0 Å². The van der Waals surface area contributed by atoms with E-state index in [9.17, 15) is 4.79 Å². The lowest BCUT2D eigenvalue weighted by Crippen LogP contribution is -2.48. The van der Waals surface area contributed by atoms with E-state index in [4.69, 9.17) is 4.52 Å². The summed E-state index contributed by atoms with van der Waals surface area (Å²) in [5.41, 5.74) is 0.401. The molecule has 1 amide bonds. The summed E-state index contributed by atoms with van der Waals surface area (Å²) in [6.07, 6.45) is 5.29. The van der Waals surface area contributed by atoms with Gasteiger partial charge in [-0.15, -0.1) is 0 Å². The number of hydrogen-bond donors (Lipinski definition) is 2. The summed E-state index contributed by atoms with van der Waals surface area (Å²) in [6, 6.07) is 3.17. The molecule has 2 aliphatic rings. The number of piperidine rings is 1. The molecule has 5 nitrogen and oxygen atoms in total. The molecular weight excluding hydrogens is 230 g/mol. The minimum atomic E-state index is -0.107. The molecule has 1 aromatic rings. The van der Waals surface area contributed by atoms with Crippen molar-refractivity contribution < 1.29 is 9.32 Å². The van der Waals surface area contributed by atoms with E-state index < -0.39 is 0 Å². The topological polar surface area (TPSA) is 67.2 Å². The van der Waals surface area contributed by atoms with Crippen molar-refractivity contribution >= 4 is 5.91 Å². The highest BCUT2D eigenvalue weighted by molar-refractivity contribution is 5.92. The molecular formula is C13H19N3O2. The number of hydrogen-bond acceptors (Lipinski definition) is 4. The number of rotatable bonds is 3. The van der Waals surface area contributed by atoms with Gasteiger partial charge >= 0.3 is 0 Å². The average Bonchev–Trinajstić information content (AvgIpc) is 2.96. The maximum atomic E-state index is 12.0. The molecule has 1 aromatic heterocycles. The highest BCUT2D eigenvalue weighted by atomic mass is 16.5. The van der Waals surface area contributed by atoms with Gasteiger partial charge in [0.2, 0.25) is 0 Å². The normalized spacial score (nSPS) is 30.4. The molecule has 3 heterocycles. The van der Waals surface area contributed by atoms with E-state index in [-0.39, 0.29) is 11.9 Å². The molecule has 2 N–H and O–H groups in total. The van der Waals surface area contributed by atoms with Gasteiger partial charge in [0.05, 0.1) is 0 Å². The molecule has 2 aliphatic heterocycles. The summed E-state index contributed by atoms with van der Waals surface area (Å²) in [5.74, 6) is 0.648. The van der Waals surface area contributed by atoms with Crippen molar-refractivity contribution in [1.29, 1.82) is 0 Å². The Kier molecular flexibility index (Phi) is 3.07. The van der Waals surface area contributed by atoms with Crippen molar-refractivity contribution in [3.63, 3.8) is 0 Å². The maximum absolute atomic E-state index is 12.0. The second-order valence-corrected chi connectivity index (χ2v) is 5.31. The monoisotopic (exact) mass is 249 g/mol. The first-order valence-corrected chi connectivity index (χ1v) is 6.77. The van der Waals surface area contributed by atoms with Crippen LogP contribution in [0.3, 0.4) is 0 Å². The van der Waals surface area contributed by atoms with Gasteiger partial charge in [-0.05, 0) is 25.7 Å². The van der Waals surface area contributed by atoms with E-state index in [0.717, 1.165) is 25.0 Å². The molecule has 18 heavy (non-hydrogen) atoms. The molecule has 0 aromatic carbocycles. The lowest BCUT2D eigenvalue weighted by Gasteiger charge is -2.29. The summed E-state index contributed by atoms with van der Waals surface area (Å²) in [5, 5.41) is 10.4. The van der Waals surface area contributed by atoms with Crippen LogP contribution in [0.4, 0.5) is 0 Å². The predicted molar refractivity (Wildman–Crippen MR) is 66.3 cm³/mol. The Morgan fingerprint density at radius 3 is 2.83 bits per heavy atom. The zero-order valence-corrected chi connectivity index (χ0v) is 10.6. The quantitative estimate of drug-likeness (QED) is 0.846. The van der Waals surface area contributed by atoms with Crippen molar-refractivity contribution in [3.8, 4) is 0 Å². The van der Waals surface area contributed by atoms with Crippen LogP contribution in [0, 0.1) is 0 Å². The van der Waals surface area contributed by atoms with Crippen molar-refractivity contribution in [2.75, 3.05) is 0 Å². The summed E-state index contributed by atoms with van der Waals surface area (Å²) < 4.78 is 5.06. The molecule has 2 saturated heterocycles. The molecule has 0 spiro atoms. The Morgan fingerprint density at radius 2 is 2.22 bits per heavy atom. The predicted octanol–water partition coefficient (Wildman–Crippen LogP) is 1.25. The van der Waals surface area contributed by atoms with Gasteiger partial charge < -0.3 is 15.2 Å². The first kappa shape index (κ1) is 11.7. The Balaban J connectivity index is 1.60. The Hall–Kier alpha value is -1.36. The Morgan fingerprint density at radius 1 is 1.50 bits per heavy atom. The molecule has 0 aliphatic carbocycles. The number of carbonyl (C=O) groups excluding carboxylic acids is 1. The fourth-order valence-corrected chi connectivity index (χ4v) is 3.02. The zero-order chi connectivity index (χ0) is 12.5. The summed E-state index contributed by atoms with van der Waals surface area (Å²) in [6.45, 7) is 1.98. The lowest BCUT2D eigenvalue weighted by atomic mass is 10.00. The number of aryl methyl sites for hydroxylation is 1. The number of fused-ring (bicyclic) bond motifs is 2. The average molecular weight is 249 g/mol. The fraction of sp³-hybridized carbons (Fsp3) is 0.692. The molecule has 2 fully saturated rings. The number of nitrogens with one attached hydrogen (secondary N) is 2. The Labute approximate surface area is 106 Å². The highest BCUT2D eigenvalue weighted by Gasteiger charge is 2.34. The molecule has 0 radical (unpaired) electrons. The van der Waals surface area contributed by atoms with Crippen molar-refractivity contribution in [3.05, 3.63) is 17.5 Å². The molecule has 98 valence electrons. The summed E-state index contributed by atoms with van der Waals surface area (Å²) >= 11 is 0. The van der Waals surface area contributed by atoms with E-state index in [1.54, 1.807) is 6.07 Å². The lowest BCUT2D eigenvalue weighted by molar-refractivity contribution is 0.0914. The molecule has 0 unspecified atom stereocenters. The SMILES string of the molecule is CCc1cc(C(=O)N[C@H]2C[C@H]3CC[C@@H](C2)N3)no1. The van der Waals surface area contributed by atoms with E-state index in [2.05, 4.69) is 15.8 Å². The van der Waals surface area contributed by atoms with E-state index in [1.165, 1.54) is 12.8 Å². The largest absolute Gasteiger partial charge is 0.361 e. The van der Waals surface area contributed by atoms with Gasteiger partial charge in [-0.2, -0.15) is 0 Å². The van der Waals surface area contributed by atoms with Crippen molar-refractivity contribution in [1.82, 2.24) is 15.8 Å². The number of carbonyl (C=O) groups is 1. The second-order valence-electron chi connectivity index (χ2n) is 5.31. The van der Waals surface area contributed by atoms with Crippen LogP contribution in [0.5, 0.6) is 0 Å². The van der Waals surface area contributed by atoms with Crippen LogP contribution in [0.25, 0.3) is 0 Å². The van der Waals surface area contributed by atoms with Gasteiger partial charge in [-0.1, -0.05) is 12.1 Å². The van der Waals surface area contributed by atoms with Gasteiger partial charge in [0.25, 0.3) is 5.91 Å². The van der Waals surface area contributed by atoms with E-state index in [1.807, 2.05) is 6.92 Å². The number of aromatic nitrogens is 1. The highest BCUT2D eigenvalue weighted by Crippen LogP contribution is 2.26.